The largest absolute Gasteiger partial charge is 0.341 e. The number of aromatic nitrogens is 2. The summed E-state index contributed by atoms with van der Waals surface area (Å²) in [5, 5.41) is 3.06. The van der Waals surface area contributed by atoms with E-state index in [-0.39, 0.29) is 17.6 Å². The maximum atomic E-state index is 12.5. The highest BCUT2D eigenvalue weighted by atomic mass is 35.5. The van der Waals surface area contributed by atoms with Gasteiger partial charge in [-0.05, 0) is 42.5 Å². The summed E-state index contributed by atoms with van der Waals surface area (Å²) in [7, 11) is -4.71. The van der Waals surface area contributed by atoms with Crippen LogP contribution < -0.4 is 10.9 Å². The summed E-state index contributed by atoms with van der Waals surface area (Å²) in [6, 6.07) is 8.89. The van der Waals surface area contributed by atoms with E-state index in [1.54, 1.807) is 12.1 Å². The number of nitrogens with zero attached hydrogens (tertiary/aromatic N) is 2. The number of carbonyl (C=O) groups excluding carboxylic acids is 1. The lowest BCUT2D eigenvalue weighted by molar-refractivity contribution is -0.116. The van der Waals surface area contributed by atoms with Gasteiger partial charge in [-0.15, -0.1) is 0 Å². The second-order valence-electron chi connectivity index (χ2n) is 5.72. The van der Waals surface area contributed by atoms with Gasteiger partial charge in [-0.25, -0.2) is 13.4 Å². The zero-order chi connectivity index (χ0) is 20.5. The molecule has 0 spiro atoms. The van der Waals surface area contributed by atoms with Crippen LogP contribution in [0.15, 0.2) is 58.5 Å². The SMILES string of the molecule is O=C(Cn1cnc2ccc(Cl)cc2c1=O)Nc1ccc(S(=O)(=O)C(F)F)cc1. The molecule has 11 heteroatoms. The third-order valence-electron chi connectivity index (χ3n) is 3.80. The first-order chi connectivity index (χ1) is 13.2. The first-order valence-corrected chi connectivity index (χ1v) is 9.67. The van der Waals surface area contributed by atoms with Crippen molar-refractivity contribution >= 4 is 43.9 Å². The minimum Gasteiger partial charge on any atom is -0.325 e. The maximum Gasteiger partial charge on any atom is 0.341 e. The standard InChI is InChI=1S/C17H12ClF2N3O4S/c18-10-1-6-14-13(7-10)16(25)23(9-21-14)8-15(24)22-11-2-4-12(5-3-11)28(26,27)17(19)20/h1-7,9,17H,8H2,(H,22,24). The zero-order valence-corrected chi connectivity index (χ0v) is 15.5. The molecule has 0 radical (unpaired) electrons. The van der Waals surface area contributed by atoms with Crippen LogP contribution in [0.25, 0.3) is 10.9 Å². The number of fused-ring (bicyclic) bond motifs is 1. The van der Waals surface area contributed by atoms with Gasteiger partial charge in [0.1, 0.15) is 6.54 Å². The fraction of sp³-hybridized carbons (Fsp3) is 0.118. The van der Waals surface area contributed by atoms with E-state index in [4.69, 9.17) is 11.6 Å². The molecule has 0 saturated carbocycles. The van der Waals surface area contributed by atoms with Gasteiger partial charge in [0.05, 0.1) is 22.1 Å². The fourth-order valence-electron chi connectivity index (χ4n) is 2.43. The van der Waals surface area contributed by atoms with Gasteiger partial charge < -0.3 is 5.32 Å². The number of rotatable bonds is 5. The first kappa shape index (κ1) is 19.9. The topological polar surface area (TPSA) is 98.1 Å². The predicted molar refractivity (Wildman–Crippen MR) is 99.3 cm³/mol. The van der Waals surface area contributed by atoms with E-state index in [0.717, 1.165) is 16.7 Å². The van der Waals surface area contributed by atoms with Crippen molar-refractivity contribution in [2.75, 3.05) is 5.32 Å². The van der Waals surface area contributed by atoms with Gasteiger partial charge in [-0.2, -0.15) is 8.78 Å². The van der Waals surface area contributed by atoms with Crippen molar-refractivity contribution in [2.24, 2.45) is 0 Å². The van der Waals surface area contributed by atoms with Crippen LogP contribution in [0.3, 0.4) is 0 Å². The Morgan fingerprint density at radius 2 is 1.86 bits per heavy atom. The number of hydrogen-bond donors (Lipinski definition) is 1. The van der Waals surface area contributed by atoms with Crippen molar-refractivity contribution in [3.8, 4) is 0 Å². The number of anilines is 1. The van der Waals surface area contributed by atoms with Crippen LogP contribution in [0.2, 0.25) is 5.02 Å². The third kappa shape index (κ3) is 4.02. The van der Waals surface area contributed by atoms with E-state index >= 15 is 0 Å². The van der Waals surface area contributed by atoms with E-state index in [1.807, 2.05) is 0 Å². The monoisotopic (exact) mass is 427 g/mol. The molecule has 3 rings (SSSR count). The number of sulfone groups is 1. The molecular formula is C17H12ClF2N3O4S. The lowest BCUT2D eigenvalue weighted by Crippen LogP contribution is -2.27. The summed E-state index contributed by atoms with van der Waals surface area (Å²) in [6.07, 6.45) is 1.22. The molecule has 3 aromatic rings. The highest BCUT2D eigenvalue weighted by molar-refractivity contribution is 7.91. The molecule has 7 nitrogen and oxygen atoms in total. The molecule has 1 aromatic heterocycles. The molecule has 0 saturated heterocycles. The van der Waals surface area contributed by atoms with Crippen LogP contribution in [-0.2, 0) is 21.2 Å². The fourth-order valence-corrected chi connectivity index (χ4v) is 3.32. The van der Waals surface area contributed by atoms with Crippen molar-refractivity contribution in [1.29, 1.82) is 0 Å². The Hall–Kier alpha value is -2.85. The molecule has 146 valence electrons. The molecule has 0 aliphatic rings. The average Bonchev–Trinajstić information content (AvgIpc) is 2.65. The van der Waals surface area contributed by atoms with Crippen LogP contribution in [0.4, 0.5) is 14.5 Å². The van der Waals surface area contributed by atoms with Crippen LogP contribution in [-0.4, -0.2) is 29.6 Å². The van der Waals surface area contributed by atoms with E-state index < -0.39 is 32.0 Å². The minimum atomic E-state index is -4.71. The van der Waals surface area contributed by atoms with Crippen molar-refractivity contribution in [2.45, 2.75) is 17.2 Å². The number of alkyl halides is 2. The Balaban J connectivity index is 1.77. The summed E-state index contributed by atoms with van der Waals surface area (Å²) in [5.41, 5.74) is 0.158. The van der Waals surface area contributed by atoms with E-state index in [1.165, 1.54) is 24.5 Å². The van der Waals surface area contributed by atoms with Crippen molar-refractivity contribution in [3.63, 3.8) is 0 Å². The van der Waals surface area contributed by atoms with Crippen LogP contribution >= 0.6 is 11.6 Å². The van der Waals surface area contributed by atoms with Gasteiger partial charge >= 0.3 is 5.76 Å². The molecule has 1 heterocycles. The molecule has 0 aliphatic heterocycles. The summed E-state index contributed by atoms with van der Waals surface area (Å²) in [5.74, 6) is -4.12. The molecule has 2 aromatic carbocycles. The van der Waals surface area contributed by atoms with Crippen LogP contribution in [0, 0.1) is 0 Å². The maximum absolute atomic E-state index is 12.5. The summed E-state index contributed by atoms with van der Waals surface area (Å²) in [6.45, 7) is -0.356. The van der Waals surface area contributed by atoms with Crippen molar-refractivity contribution in [1.82, 2.24) is 9.55 Å². The molecule has 1 amide bonds. The normalized spacial score (nSPS) is 11.7. The quantitative estimate of drug-likeness (QED) is 0.675. The van der Waals surface area contributed by atoms with E-state index in [0.29, 0.717) is 10.5 Å². The summed E-state index contributed by atoms with van der Waals surface area (Å²) in [4.78, 5) is 28.1. The Morgan fingerprint density at radius 3 is 2.50 bits per heavy atom. The molecule has 28 heavy (non-hydrogen) atoms. The molecular weight excluding hydrogens is 416 g/mol. The molecule has 0 fully saturated rings. The number of amides is 1. The van der Waals surface area contributed by atoms with Gasteiger partial charge in [-0.3, -0.25) is 14.2 Å². The van der Waals surface area contributed by atoms with Gasteiger partial charge in [-0.1, -0.05) is 11.6 Å². The zero-order valence-electron chi connectivity index (χ0n) is 14.0. The number of benzene rings is 2. The Morgan fingerprint density at radius 1 is 1.18 bits per heavy atom. The number of nitrogens with one attached hydrogen (secondary N) is 1. The lowest BCUT2D eigenvalue weighted by atomic mass is 10.2. The van der Waals surface area contributed by atoms with Crippen LogP contribution in [0.5, 0.6) is 0 Å². The van der Waals surface area contributed by atoms with Gasteiger partial charge in [0.25, 0.3) is 5.56 Å². The number of halogens is 3. The highest BCUT2D eigenvalue weighted by Crippen LogP contribution is 2.20. The third-order valence-corrected chi connectivity index (χ3v) is 5.43. The van der Waals surface area contributed by atoms with Gasteiger partial charge in [0.2, 0.25) is 15.7 Å². The number of hydrogen-bond acceptors (Lipinski definition) is 5. The minimum absolute atomic E-state index is 0.183. The number of carbonyl (C=O) groups is 1. The molecule has 1 N–H and O–H groups in total. The van der Waals surface area contributed by atoms with Crippen molar-refractivity contribution < 1.29 is 22.0 Å². The molecule has 0 unspecified atom stereocenters. The van der Waals surface area contributed by atoms with E-state index in [2.05, 4.69) is 10.3 Å². The molecule has 0 bridgehead atoms. The smallest absolute Gasteiger partial charge is 0.325 e. The summed E-state index contributed by atoms with van der Waals surface area (Å²) < 4.78 is 48.9. The van der Waals surface area contributed by atoms with E-state index in [9.17, 15) is 26.8 Å². The predicted octanol–water partition coefficient (Wildman–Crippen LogP) is 2.68. The lowest BCUT2D eigenvalue weighted by Gasteiger charge is -2.09. The Kier molecular flexibility index (Phi) is 5.43. The van der Waals surface area contributed by atoms with Crippen molar-refractivity contribution in [3.05, 3.63) is 64.2 Å². The first-order valence-electron chi connectivity index (χ1n) is 7.75. The van der Waals surface area contributed by atoms with Gasteiger partial charge in [0, 0.05) is 10.7 Å². The highest BCUT2D eigenvalue weighted by Gasteiger charge is 2.26. The van der Waals surface area contributed by atoms with Crippen LogP contribution in [0.1, 0.15) is 0 Å². The molecule has 0 atom stereocenters. The second kappa shape index (κ2) is 7.64. The summed E-state index contributed by atoms with van der Waals surface area (Å²) >= 11 is 5.88. The Bertz CT molecular complexity index is 1210. The Labute approximate surface area is 162 Å². The second-order valence-corrected chi connectivity index (χ2v) is 8.07. The van der Waals surface area contributed by atoms with Gasteiger partial charge in [0.15, 0.2) is 0 Å². The molecule has 0 aliphatic carbocycles. The average molecular weight is 428 g/mol.